The number of thioether (sulfide) groups is 1. The molecule has 21 heavy (non-hydrogen) atoms. The monoisotopic (exact) mass is 325 g/mol. The quantitative estimate of drug-likeness (QED) is 0.906. The van der Waals surface area contributed by atoms with E-state index >= 15 is 0 Å². The molecular formula is C15H23N3OS2. The Balaban J connectivity index is 1.54. The van der Waals surface area contributed by atoms with Crippen molar-refractivity contribution in [3.05, 3.63) is 16.1 Å². The summed E-state index contributed by atoms with van der Waals surface area (Å²) in [6.07, 6.45) is 8.41. The van der Waals surface area contributed by atoms with E-state index in [0.29, 0.717) is 11.3 Å². The molecule has 2 amide bonds. The van der Waals surface area contributed by atoms with Gasteiger partial charge in [-0.15, -0.1) is 11.3 Å². The maximum Gasteiger partial charge on any atom is 0.317 e. The molecule has 2 aliphatic rings. The fourth-order valence-corrected chi connectivity index (χ4v) is 5.58. The van der Waals surface area contributed by atoms with Gasteiger partial charge in [-0.05, 0) is 19.8 Å². The molecule has 116 valence electrons. The molecule has 3 rings (SSSR count). The van der Waals surface area contributed by atoms with Crippen molar-refractivity contribution in [3.8, 4) is 0 Å². The average Bonchev–Trinajstić information content (AvgIpc) is 2.91. The maximum absolute atomic E-state index is 12.4. The van der Waals surface area contributed by atoms with Crippen LogP contribution in [0.3, 0.4) is 0 Å². The molecule has 4 nitrogen and oxygen atoms in total. The molecule has 1 aromatic heterocycles. The first-order chi connectivity index (χ1) is 10.2. The molecule has 0 unspecified atom stereocenters. The van der Waals surface area contributed by atoms with E-state index in [-0.39, 0.29) is 6.03 Å². The topological polar surface area (TPSA) is 45.2 Å². The van der Waals surface area contributed by atoms with Gasteiger partial charge in [-0.25, -0.2) is 9.78 Å². The highest BCUT2D eigenvalue weighted by atomic mass is 32.2. The van der Waals surface area contributed by atoms with Crippen molar-refractivity contribution >= 4 is 29.1 Å². The van der Waals surface area contributed by atoms with E-state index in [1.165, 1.54) is 32.1 Å². The van der Waals surface area contributed by atoms with Crippen LogP contribution in [0, 0.1) is 6.92 Å². The summed E-state index contributed by atoms with van der Waals surface area (Å²) in [5.74, 6) is 1.08. The lowest BCUT2D eigenvalue weighted by Crippen LogP contribution is -2.52. The molecular weight excluding hydrogens is 302 g/mol. The second kappa shape index (κ2) is 6.57. The van der Waals surface area contributed by atoms with Crippen LogP contribution in [-0.2, 0) is 6.54 Å². The van der Waals surface area contributed by atoms with E-state index in [2.05, 4.69) is 22.1 Å². The van der Waals surface area contributed by atoms with Gasteiger partial charge in [-0.1, -0.05) is 19.3 Å². The number of carbonyl (C=O) groups is 1. The highest BCUT2D eigenvalue weighted by molar-refractivity contribution is 8.00. The van der Waals surface area contributed by atoms with Gasteiger partial charge in [-0.2, -0.15) is 11.8 Å². The molecule has 0 atom stereocenters. The number of aryl methyl sites for hydroxylation is 1. The average molecular weight is 326 g/mol. The van der Waals surface area contributed by atoms with E-state index < -0.39 is 0 Å². The number of aromatic nitrogens is 1. The van der Waals surface area contributed by atoms with Crippen molar-refractivity contribution < 1.29 is 4.79 Å². The first-order valence-electron chi connectivity index (χ1n) is 7.75. The van der Waals surface area contributed by atoms with E-state index in [9.17, 15) is 4.79 Å². The van der Waals surface area contributed by atoms with Crippen LogP contribution < -0.4 is 5.32 Å². The number of hydrogen-bond acceptors (Lipinski definition) is 4. The predicted octanol–water partition coefficient (Wildman–Crippen LogP) is 3.41. The second-order valence-corrected chi connectivity index (χ2v) is 8.90. The summed E-state index contributed by atoms with van der Waals surface area (Å²) in [4.78, 5) is 19.8. The van der Waals surface area contributed by atoms with Gasteiger partial charge in [0.05, 0.1) is 11.6 Å². The Labute approximate surface area is 134 Å². The summed E-state index contributed by atoms with van der Waals surface area (Å²) in [5.41, 5.74) is 0. The molecule has 1 aliphatic heterocycles. The summed E-state index contributed by atoms with van der Waals surface area (Å²) in [5, 5.41) is 4.10. The summed E-state index contributed by atoms with van der Waals surface area (Å²) in [6.45, 7) is 4.39. The van der Waals surface area contributed by atoms with Crippen molar-refractivity contribution in [2.45, 2.75) is 50.3 Å². The standard InChI is InChI=1S/C15H23N3OS2/c1-12-16-9-13(21-12)10-17-14(19)18-7-8-20-15(11-18)5-3-2-4-6-15/h9H,2-8,10-11H2,1H3,(H,17,19). The van der Waals surface area contributed by atoms with Crippen LogP contribution in [0.4, 0.5) is 4.79 Å². The van der Waals surface area contributed by atoms with Gasteiger partial charge in [0, 0.05) is 34.7 Å². The molecule has 1 saturated heterocycles. The zero-order valence-corrected chi connectivity index (χ0v) is 14.2. The van der Waals surface area contributed by atoms with Crippen molar-refractivity contribution in [3.63, 3.8) is 0 Å². The molecule has 1 saturated carbocycles. The van der Waals surface area contributed by atoms with E-state index in [1.807, 2.05) is 18.0 Å². The Bertz CT molecular complexity index is 491. The third-order valence-electron chi connectivity index (χ3n) is 4.38. The number of hydrogen-bond donors (Lipinski definition) is 1. The number of rotatable bonds is 2. The Morgan fingerprint density at radius 2 is 2.24 bits per heavy atom. The van der Waals surface area contributed by atoms with Crippen molar-refractivity contribution in [2.24, 2.45) is 0 Å². The third-order valence-corrected chi connectivity index (χ3v) is 6.83. The van der Waals surface area contributed by atoms with Gasteiger partial charge in [0.25, 0.3) is 0 Å². The zero-order valence-electron chi connectivity index (χ0n) is 12.6. The summed E-state index contributed by atoms with van der Waals surface area (Å²) >= 11 is 3.75. The van der Waals surface area contributed by atoms with Crippen LogP contribution in [-0.4, -0.2) is 39.5 Å². The van der Waals surface area contributed by atoms with Crippen LogP contribution >= 0.6 is 23.1 Å². The number of carbonyl (C=O) groups excluding carboxylic acids is 1. The highest BCUT2D eigenvalue weighted by Crippen LogP contribution is 2.42. The number of amides is 2. The fourth-order valence-electron chi connectivity index (χ4n) is 3.28. The number of thiazole rings is 1. The SMILES string of the molecule is Cc1ncc(CNC(=O)N2CCSC3(CCCCC3)C2)s1. The lowest BCUT2D eigenvalue weighted by atomic mass is 9.87. The Morgan fingerprint density at radius 1 is 1.43 bits per heavy atom. The van der Waals surface area contributed by atoms with Crippen LogP contribution in [0.2, 0.25) is 0 Å². The van der Waals surface area contributed by atoms with Crippen LogP contribution in [0.5, 0.6) is 0 Å². The molecule has 6 heteroatoms. The highest BCUT2D eigenvalue weighted by Gasteiger charge is 2.38. The molecule has 0 bridgehead atoms. The smallest absolute Gasteiger partial charge is 0.317 e. The molecule has 1 aromatic rings. The lowest BCUT2D eigenvalue weighted by molar-refractivity contribution is 0.185. The summed E-state index contributed by atoms with van der Waals surface area (Å²) in [6, 6.07) is 0.0892. The van der Waals surface area contributed by atoms with E-state index in [1.54, 1.807) is 11.3 Å². The third kappa shape index (κ3) is 3.72. The van der Waals surface area contributed by atoms with Gasteiger partial charge < -0.3 is 10.2 Å². The Morgan fingerprint density at radius 3 is 2.95 bits per heavy atom. The molecule has 2 heterocycles. The minimum absolute atomic E-state index is 0.0892. The second-order valence-electron chi connectivity index (χ2n) is 6.02. The van der Waals surface area contributed by atoms with Crippen molar-refractivity contribution in [1.29, 1.82) is 0 Å². The van der Waals surface area contributed by atoms with Crippen molar-refractivity contribution in [2.75, 3.05) is 18.8 Å². The molecule has 0 aromatic carbocycles. The molecule has 1 aliphatic carbocycles. The Kier molecular flexibility index (Phi) is 4.74. The van der Waals surface area contributed by atoms with Crippen LogP contribution in [0.25, 0.3) is 0 Å². The number of urea groups is 1. The summed E-state index contributed by atoms with van der Waals surface area (Å²) in [7, 11) is 0. The maximum atomic E-state index is 12.4. The zero-order chi connectivity index (χ0) is 14.7. The van der Waals surface area contributed by atoms with Gasteiger partial charge >= 0.3 is 6.03 Å². The molecule has 2 fully saturated rings. The summed E-state index contributed by atoms with van der Waals surface area (Å²) < 4.78 is 0.342. The van der Waals surface area contributed by atoms with Gasteiger partial charge in [0.15, 0.2) is 0 Å². The molecule has 1 spiro atoms. The van der Waals surface area contributed by atoms with E-state index in [0.717, 1.165) is 28.7 Å². The predicted molar refractivity (Wildman–Crippen MR) is 88.9 cm³/mol. The van der Waals surface area contributed by atoms with Crippen molar-refractivity contribution in [1.82, 2.24) is 15.2 Å². The van der Waals surface area contributed by atoms with E-state index in [4.69, 9.17) is 0 Å². The normalized spacial score (nSPS) is 21.5. The molecule has 1 N–H and O–H groups in total. The van der Waals surface area contributed by atoms with Crippen LogP contribution in [0.15, 0.2) is 6.20 Å². The number of nitrogens with zero attached hydrogens (tertiary/aromatic N) is 2. The van der Waals surface area contributed by atoms with Crippen LogP contribution in [0.1, 0.15) is 42.0 Å². The lowest BCUT2D eigenvalue weighted by Gasteiger charge is -2.44. The first kappa shape index (κ1) is 15.2. The minimum Gasteiger partial charge on any atom is -0.333 e. The molecule has 0 radical (unpaired) electrons. The van der Waals surface area contributed by atoms with Gasteiger partial charge in [0.2, 0.25) is 0 Å². The number of nitrogens with one attached hydrogen (secondary N) is 1. The Hall–Kier alpha value is -0.750. The largest absolute Gasteiger partial charge is 0.333 e. The minimum atomic E-state index is 0.0892. The first-order valence-corrected chi connectivity index (χ1v) is 9.55. The van der Waals surface area contributed by atoms with Gasteiger partial charge in [-0.3, -0.25) is 0 Å². The van der Waals surface area contributed by atoms with Gasteiger partial charge in [0.1, 0.15) is 0 Å². The fraction of sp³-hybridized carbons (Fsp3) is 0.733.